The third-order valence-electron chi connectivity index (χ3n) is 5.21. The third-order valence-corrected chi connectivity index (χ3v) is 7.62. The Morgan fingerprint density at radius 1 is 1.07 bits per heavy atom. The summed E-state index contributed by atoms with van der Waals surface area (Å²) in [7, 11) is -4.07. The number of rotatable bonds is 3. The monoisotopic (exact) mass is 472 g/mol. The van der Waals surface area contributed by atoms with Crippen LogP contribution in [0, 0.1) is 11.6 Å². The lowest BCUT2D eigenvalue weighted by Crippen LogP contribution is -2.48. The molecule has 0 bridgehead atoms. The lowest BCUT2D eigenvalue weighted by Gasteiger charge is -2.41. The summed E-state index contributed by atoms with van der Waals surface area (Å²) in [5.41, 5.74) is 2.17. The summed E-state index contributed by atoms with van der Waals surface area (Å²) in [6.07, 6.45) is 1.16. The Morgan fingerprint density at radius 2 is 1.82 bits per heavy atom. The predicted molar refractivity (Wildman–Crippen MR) is 104 cm³/mol. The van der Waals surface area contributed by atoms with Gasteiger partial charge < -0.3 is 9.64 Å². The summed E-state index contributed by atoms with van der Waals surface area (Å²) < 4.78 is 60.8. The van der Waals surface area contributed by atoms with Gasteiger partial charge in [-0.2, -0.15) is 4.31 Å². The van der Waals surface area contributed by atoms with Crippen LogP contribution in [0.1, 0.15) is 18.4 Å². The van der Waals surface area contributed by atoms with Crippen molar-refractivity contribution in [1.82, 2.24) is 4.31 Å². The molecule has 0 aliphatic carbocycles. The van der Waals surface area contributed by atoms with Crippen molar-refractivity contribution in [2.45, 2.75) is 30.4 Å². The van der Waals surface area contributed by atoms with Gasteiger partial charge in [0.1, 0.15) is 23.3 Å². The van der Waals surface area contributed by atoms with Crippen molar-refractivity contribution < 1.29 is 21.9 Å². The van der Waals surface area contributed by atoms with E-state index in [9.17, 15) is 17.2 Å². The van der Waals surface area contributed by atoms with Crippen LogP contribution in [-0.2, 0) is 21.4 Å². The molecule has 9 heteroatoms. The zero-order valence-electron chi connectivity index (χ0n) is 14.9. The number of anilines is 1. The topological polar surface area (TPSA) is 49.9 Å². The first kappa shape index (κ1) is 19.8. The van der Waals surface area contributed by atoms with Crippen LogP contribution in [0.25, 0.3) is 0 Å². The molecule has 150 valence electrons. The second-order valence-electron chi connectivity index (χ2n) is 6.93. The van der Waals surface area contributed by atoms with Crippen molar-refractivity contribution in [3.63, 3.8) is 0 Å². The van der Waals surface area contributed by atoms with E-state index in [1.807, 2.05) is 18.2 Å². The molecule has 0 radical (unpaired) electrons. The van der Waals surface area contributed by atoms with Crippen LogP contribution in [0.4, 0.5) is 14.5 Å². The lowest BCUT2D eigenvalue weighted by molar-refractivity contribution is 0.0987. The number of hydrogen-bond donors (Lipinski definition) is 0. The second-order valence-corrected chi connectivity index (χ2v) is 9.75. The number of sulfonamides is 1. The van der Waals surface area contributed by atoms with E-state index in [0.717, 1.165) is 33.9 Å². The van der Waals surface area contributed by atoms with Crippen molar-refractivity contribution in [2.24, 2.45) is 0 Å². The van der Waals surface area contributed by atoms with Crippen molar-refractivity contribution in [1.29, 1.82) is 0 Å². The summed E-state index contributed by atoms with van der Waals surface area (Å²) in [6, 6.07) is 8.64. The molecule has 0 spiro atoms. The van der Waals surface area contributed by atoms with E-state index in [1.165, 1.54) is 4.31 Å². The van der Waals surface area contributed by atoms with Crippen molar-refractivity contribution in [3.8, 4) is 0 Å². The largest absolute Gasteiger partial charge is 0.356 e. The zero-order valence-corrected chi connectivity index (χ0v) is 17.3. The minimum atomic E-state index is -4.07. The van der Waals surface area contributed by atoms with Gasteiger partial charge in [0.25, 0.3) is 0 Å². The Bertz CT molecular complexity index is 995. The highest BCUT2D eigenvalue weighted by Gasteiger charge is 2.34. The fourth-order valence-corrected chi connectivity index (χ4v) is 5.74. The van der Waals surface area contributed by atoms with Gasteiger partial charge in [0.2, 0.25) is 10.0 Å². The fourth-order valence-electron chi connectivity index (χ4n) is 3.78. The quantitative estimate of drug-likeness (QED) is 0.680. The summed E-state index contributed by atoms with van der Waals surface area (Å²) in [5, 5.41) is 0. The first-order valence-corrected chi connectivity index (χ1v) is 11.2. The van der Waals surface area contributed by atoms with Gasteiger partial charge in [-0.25, -0.2) is 17.2 Å². The maximum absolute atomic E-state index is 14.0. The molecule has 4 rings (SSSR count). The molecule has 0 N–H and O–H groups in total. The predicted octanol–water partition coefficient (Wildman–Crippen LogP) is 3.87. The van der Waals surface area contributed by atoms with E-state index >= 15 is 0 Å². The van der Waals surface area contributed by atoms with E-state index < -0.39 is 26.6 Å². The summed E-state index contributed by atoms with van der Waals surface area (Å²) in [4.78, 5) is 1.54. The lowest BCUT2D eigenvalue weighted by atomic mass is 10.0. The molecule has 1 fully saturated rings. The van der Waals surface area contributed by atoms with Gasteiger partial charge in [0.05, 0.1) is 6.61 Å². The smallest absolute Gasteiger partial charge is 0.246 e. The molecule has 2 heterocycles. The molecule has 28 heavy (non-hydrogen) atoms. The van der Waals surface area contributed by atoms with Crippen LogP contribution in [0.3, 0.4) is 0 Å². The average molecular weight is 473 g/mol. The van der Waals surface area contributed by atoms with E-state index in [4.69, 9.17) is 4.74 Å². The average Bonchev–Trinajstić information content (AvgIpc) is 2.69. The van der Waals surface area contributed by atoms with Gasteiger partial charge in [-0.15, -0.1) is 0 Å². The standard InChI is InChI=1S/C19H19BrF2N2O3S/c20-14-1-4-18-13(9-14)11-27-12-24(18)16-5-7-23(8-6-16)28(25,26)19-10-15(21)2-3-17(19)22/h1-4,9-10,16H,5-8,11-12H2. The number of halogens is 3. The molecular formula is C19H19BrF2N2O3S. The van der Waals surface area contributed by atoms with Gasteiger partial charge >= 0.3 is 0 Å². The van der Waals surface area contributed by atoms with Crippen molar-refractivity contribution in [2.75, 3.05) is 24.7 Å². The minimum Gasteiger partial charge on any atom is -0.356 e. The van der Waals surface area contributed by atoms with Crippen molar-refractivity contribution in [3.05, 3.63) is 58.1 Å². The number of piperidine rings is 1. The Hall–Kier alpha value is -1.55. The van der Waals surface area contributed by atoms with E-state index in [0.29, 0.717) is 26.2 Å². The number of ether oxygens (including phenoxy) is 1. The van der Waals surface area contributed by atoms with E-state index in [1.54, 1.807) is 0 Å². The molecule has 2 aromatic rings. The Labute approximate surface area is 171 Å². The number of hydrogen-bond acceptors (Lipinski definition) is 4. The Balaban J connectivity index is 1.51. The van der Waals surface area contributed by atoms with Gasteiger partial charge in [-0.1, -0.05) is 15.9 Å². The number of fused-ring (bicyclic) bond motifs is 1. The highest BCUT2D eigenvalue weighted by atomic mass is 79.9. The SMILES string of the molecule is O=S(=O)(c1cc(F)ccc1F)N1CCC(N2COCc3cc(Br)ccc32)CC1. The molecule has 2 aliphatic heterocycles. The first-order chi connectivity index (χ1) is 13.4. The van der Waals surface area contributed by atoms with Crippen molar-refractivity contribution >= 4 is 31.6 Å². The summed E-state index contributed by atoms with van der Waals surface area (Å²) in [5.74, 6) is -1.71. The van der Waals surface area contributed by atoms with Gasteiger partial charge in [0.15, 0.2) is 0 Å². The molecule has 0 atom stereocenters. The van der Waals surface area contributed by atoms with Crippen LogP contribution < -0.4 is 4.90 Å². The molecule has 0 aromatic heterocycles. The fraction of sp³-hybridized carbons (Fsp3) is 0.368. The molecule has 1 saturated heterocycles. The minimum absolute atomic E-state index is 0.115. The molecule has 0 saturated carbocycles. The Morgan fingerprint density at radius 3 is 2.57 bits per heavy atom. The van der Waals surface area contributed by atoms with E-state index in [2.05, 4.69) is 20.8 Å². The highest BCUT2D eigenvalue weighted by molar-refractivity contribution is 9.10. The van der Waals surface area contributed by atoms with Crippen LogP contribution in [0.15, 0.2) is 45.8 Å². The molecule has 0 amide bonds. The van der Waals surface area contributed by atoms with Crippen LogP contribution in [0.5, 0.6) is 0 Å². The summed E-state index contributed by atoms with van der Waals surface area (Å²) >= 11 is 3.46. The highest BCUT2D eigenvalue weighted by Crippen LogP contribution is 2.33. The van der Waals surface area contributed by atoms with Crippen LogP contribution in [0.2, 0.25) is 0 Å². The normalized spacial score (nSPS) is 18.9. The Kier molecular flexibility index (Phi) is 5.43. The molecule has 2 aliphatic rings. The maximum atomic E-state index is 14.0. The second kappa shape index (κ2) is 7.70. The van der Waals surface area contributed by atoms with Gasteiger partial charge in [-0.3, -0.25) is 0 Å². The first-order valence-electron chi connectivity index (χ1n) is 8.94. The summed E-state index contributed by atoms with van der Waals surface area (Å²) in [6.45, 7) is 1.47. The zero-order chi connectivity index (χ0) is 19.9. The number of nitrogens with zero attached hydrogens (tertiary/aromatic N) is 2. The number of benzene rings is 2. The van der Waals surface area contributed by atoms with Crippen LogP contribution in [-0.4, -0.2) is 38.6 Å². The van der Waals surface area contributed by atoms with Gasteiger partial charge in [-0.05, 0) is 49.2 Å². The third kappa shape index (κ3) is 3.68. The van der Waals surface area contributed by atoms with Crippen LogP contribution >= 0.6 is 15.9 Å². The molecule has 5 nitrogen and oxygen atoms in total. The van der Waals surface area contributed by atoms with Gasteiger partial charge in [0, 0.05) is 34.9 Å². The molecule has 2 aromatic carbocycles. The molecular weight excluding hydrogens is 454 g/mol. The van der Waals surface area contributed by atoms with E-state index in [-0.39, 0.29) is 19.1 Å². The molecule has 0 unspecified atom stereocenters. The maximum Gasteiger partial charge on any atom is 0.246 e.